The molecule has 2 rings (SSSR count). The number of benzene rings is 1. The van der Waals surface area contributed by atoms with Crippen LogP contribution in [-0.4, -0.2) is 5.78 Å². The van der Waals surface area contributed by atoms with Gasteiger partial charge in [0, 0.05) is 5.41 Å². The van der Waals surface area contributed by atoms with Crippen molar-refractivity contribution in [2.45, 2.75) is 26.2 Å². The van der Waals surface area contributed by atoms with Gasteiger partial charge in [0.15, 0.2) is 0 Å². The summed E-state index contributed by atoms with van der Waals surface area (Å²) >= 11 is 12.0. The highest BCUT2D eigenvalue weighted by Gasteiger charge is 2.47. The van der Waals surface area contributed by atoms with Crippen LogP contribution in [0.5, 0.6) is 0 Å². The highest BCUT2D eigenvalue weighted by molar-refractivity contribution is 6.42. The fraction of sp³-hybridized carbons (Fsp3) is 0.417. The van der Waals surface area contributed by atoms with Gasteiger partial charge in [-0.1, -0.05) is 35.3 Å². The Balaban J connectivity index is 2.25. The minimum atomic E-state index is -0.145. The molecule has 0 N–H and O–H groups in total. The van der Waals surface area contributed by atoms with Crippen LogP contribution in [0.15, 0.2) is 18.2 Å². The number of carbonyl (C=O) groups is 1. The molecule has 0 heterocycles. The maximum absolute atomic E-state index is 11.5. The van der Waals surface area contributed by atoms with Crippen molar-refractivity contribution in [3.63, 3.8) is 0 Å². The molecule has 1 aromatic carbocycles. The summed E-state index contributed by atoms with van der Waals surface area (Å²) in [5.41, 5.74) is 0.839. The second-order valence-corrected chi connectivity index (χ2v) is 5.01. The van der Waals surface area contributed by atoms with Crippen molar-refractivity contribution >= 4 is 29.0 Å². The number of Topliss-reactive ketones (excluding diaryl/α,β-unsaturated/α-hetero) is 1. The first-order valence-electron chi connectivity index (χ1n) is 4.99. The zero-order valence-corrected chi connectivity index (χ0v) is 10.0. The lowest BCUT2D eigenvalue weighted by Crippen LogP contribution is -2.15. The molecule has 0 spiro atoms. The van der Waals surface area contributed by atoms with Gasteiger partial charge in [-0.15, -0.1) is 0 Å². The molecule has 0 saturated heterocycles. The van der Waals surface area contributed by atoms with Crippen molar-refractivity contribution in [3.8, 4) is 0 Å². The Morgan fingerprint density at radius 1 is 1.40 bits per heavy atom. The summed E-state index contributed by atoms with van der Waals surface area (Å²) in [5.74, 6) is 0.263. The first-order valence-corrected chi connectivity index (χ1v) is 5.75. The van der Waals surface area contributed by atoms with Crippen molar-refractivity contribution in [1.29, 1.82) is 0 Å². The van der Waals surface area contributed by atoms with Crippen molar-refractivity contribution in [3.05, 3.63) is 33.8 Å². The zero-order chi connectivity index (χ0) is 11.1. The standard InChI is InChI=1S/C12H12Cl2O/c1-8(15)12(5-6-12)7-9-3-2-4-10(13)11(9)14/h2-4H,5-7H2,1H3. The molecule has 3 heteroatoms. The summed E-state index contributed by atoms with van der Waals surface area (Å²) in [5, 5.41) is 1.15. The van der Waals surface area contributed by atoms with Crippen molar-refractivity contribution in [1.82, 2.24) is 0 Å². The molecule has 0 unspecified atom stereocenters. The van der Waals surface area contributed by atoms with E-state index in [-0.39, 0.29) is 11.2 Å². The maximum Gasteiger partial charge on any atom is 0.136 e. The number of rotatable bonds is 3. The van der Waals surface area contributed by atoms with Gasteiger partial charge in [0.1, 0.15) is 5.78 Å². The van der Waals surface area contributed by atoms with Gasteiger partial charge in [-0.05, 0) is 37.8 Å². The van der Waals surface area contributed by atoms with Gasteiger partial charge < -0.3 is 0 Å². The number of ketones is 1. The molecule has 0 amide bonds. The lowest BCUT2D eigenvalue weighted by atomic mass is 9.93. The Labute approximate surface area is 99.4 Å². The predicted octanol–water partition coefficient (Wildman–Crippen LogP) is 3.91. The summed E-state index contributed by atoms with van der Waals surface area (Å²) in [6, 6.07) is 5.58. The van der Waals surface area contributed by atoms with Gasteiger partial charge in [0.2, 0.25) is 0 Å². The van der Waals surface area contributed by atoms with Crippen LogP contribution >= 0.6 is 23.2 Å². The van der Waals surface area contributed by atoms with Gasteiger partial charge in [-0.25, -0.2) is 0 Å². The van der Waals surface area contributed by atoms with Gasteiger partial charge in [0.25, 0.3) is 0 Å². The monoisotopic (exact) mass is 242 g/mol. The number of hydrogen-bond donors (Lipinski definition) is 0. The number of hydrogen-bond acceptors (Lipinski definition) is 1. The largest absolute Gasteiger partial charge is 0.299 e. The lowest BCUT2D eigenvalue weighted by Gasteiger charge is -2.12. The smallest absolute Gasteiger partial charge is 0.136 e. The Morgan fingerprint density at radius 3 is 2.60 bits per heavy atom. The van der Waals surface area contributed by atoms with E-state index in [2.05, 4.69) is 0 Å². The summed E-state index contributed by atoms with van der Waals surface area (Å²) in [4.78, 5) is 11.5. The molecule has 1 aliphatic carbocycles. The molecule has 0 radical (unpaired) electrons. The van der Waals surface area contributed by atoms with Crippen LogP contribution in [0.2, 0.25) is 10.0 Å². The normalized spacial score (nSPS) is 17.5. The van der Waals surface area contributed by atoms with Gasteiger partial charge in [-0.2, -0.15) is 0 Å². The predicted molar refractivity (Wildman–Crippen MR) is 62.5 cm³/mol. The fourth-order valence-electron chi connectivity index (χ4n) is 1.85. The summed E-state index contributed by atoms with van der Waals surface area (Å²) in [6.45, 7) is 1.66. The van der Waals surface area contributed by atoms with E-state index in [0.29, 0.717) is 10.0 Å². The van der Waals surface area contributed by atoms with E-state index >= 15 is 0 Å². The summed E-state index contributed by atoms with van der Waals surface area (Å²) in [7, 11) is 0. The summed E-state index contributed by atoms with van der Waals surface area (Å²) < 4.78 is 0. The number of halogens is 2. The van der Waals surface area contributed by atoms with Crippen molar-refractivity contribution in [2.75, 3.05) is 0 Å². The molecule has 0 atom stereocenters. The molecule has 1 fully saturated rings. The Bertz CT molecular complexity index is 408. The van der Waals surface area contributed by atoms with Gasteiger partial charge in [0.05, 0.1) is 10.0 Å². The van der Waals surface area contributed by atoms with E-state index in [4.69, 9.17) is 23.2 Å². The van der Waals surface area contributed by atoms with Crippen LogP contribution in [0.1, 0.15) is 25.3 Å². The second-order valence-electron chi connectivity index (χ2n) is 4.23. The van der Waals surface area contributed by atoms with Crippen LogP contribution in [0.4, 0.5) is 0 Å². The third kappa shape index (κ3) is 2.04. The van der Waals surface area contributed by atoms with Gasteiger partial charge in [-0.3, -0.25) is 4.79 Å². The molecule has 0 aromatic heterocycles. The molecule has 15 heavy (non-hydrogen) atoms. The number of carbonyl (C=O) groups excluding carboxylic acids is 1. The molecule has 1 aromatic rings. The van der Waals surface area contributed by atoms with E-state index in [1.165, 1.54) is 0 Å². The van der Waals surface area contributed by atoms with Crippen molar-refractivity contribution < 1.29 is 4.79 Å². The first kappa shape index (κ1) is 11.0. The molecule has 80 valence electrons. The molecular formula is C12H12Cl2O. The quantitative estimate of drug-likeness (QED) is 0.786. The minimum absolute atomic E-state index is 0.145. The van der Waals surface area contributed by atoms with Crippen LogP contribution in [0.3, 0.4) is 0 Å². The fourth-order valence-corrected chi connectivity index (χ4v) is 2.24. The molecular weight excluding hydrogens is 231 g/mol. The Hall–Kier alpha value is -0.530. The minimum Gasteiger partial charge on any atom is -0.299 e. The average Bonchev–Trinajstić information content (AvgIpc) is 2.94. The van der Waals surface area contributed by atoms with Crippen LogP contribution in [-0.2, 0) is 11.2 Å². The molecule has 1 saturated carbocycles. The SMILES string of the molecule is CC(=O)C1(Cc2cccc(Cl)c2Cl)CC1. The van der Waals surface area contributed by atoms with Crippen LogP contribution < -0.4 is 0 Å². The van der Waals surface area contributed by atoms with E-state index in [0.717, 1.165) is 24.8 Å². The van der Waals surface area contributed by atoms with Gasteiger partial charge >= 0.3 is 0 Å². The van der Waals surface area contributed by atoms with Crippen molar-refractivity contribution in [2.24, 2.45) is 5.41 Å². The molecule has 1 nitrogen and oxygen atoms in total. The first-order chi connectivity index (χ1) is 7.05. The molecule has 1 aliphatic rings. The average molecular weight is 243 g/mol. The molecule has 0 bridgehead atoms. The van der Waals surface area contributed by atoms with E-state index in [1.54, 1.807) is 13.0 Å². The molecule has 0 aliphatic heterocycles. The zero-order valence-electron chi connectivity index (χ0n) is 8.52. The Kier molecular flexibility index (Phi) is 2.78. The maximum atomic E-state index is 11.5. The van der Waals surface area contributed by atoms with E-state index in [9.17, 15) is 4.79 Å². The second kappa shape index (κ2) is 3.80. The third-order valence-corrected chi connectivity index (χ3v) is 4.02. The highest BCUT2D eigenvalue weighted by Crippen LogP contribution is 2.50. The summed E-state index contributed by atoms with van der Waals surface area (Å²) in [6.07, 6.45) is 2.68. The van der Waals surface area contributed by atoms with E-state index in [1.807, 2.05) is 12.1 Å². The van der Waals surface area contributed by atoms with Crippen LogP contribution in [0.25, 0.3) is 0 Å². The lowest BCUT2D eigenvalue weighted by molar-refractivity contribution is -0.121. The topological polar surface area (TPSA) is 17.1 Å². The van der Waals surface area contributed by atoms with E-state index < -0.39 is 0 Å². The highest BCUT2D eigenvalue weighted by atomic mass is 35.5. The third-order valence-electron chi connectivity index (χ3n) is 3.16. The Morgan fingerprint density at radius 2 is 2.07 bits per heavy atom. The van der Waals surface area contributed by atoms with Crippen LogP contribution in [0, 0.1) is 5.41 Å².